The molecule has 0 aliphatic rings. The van der Waals surface area contributed by atoms with Crippen LogP contribution in [0.4, 0.5) is 0 Å². The number of hydrogen-bond acceptors (Lipinski definition) is 7. The Hall–Kier alpha value is -2.81. The first-order valence-electron chi connectivity index (χ1n) is 9.75. The summed E-state index contributed by atoms with van der Waals surface area (Å²) < 4.78 is 21.5. The van der Waals surface area contributed by atoms with Crippen LogP contribution in [0.1, 0.15) is 6.92 Å². The zero-order chi connectivity index (χ0) is 21.7. The molecule has 0 heterocycles. The Balaban J connectivity index is 1.62. The maximum atomic E-state index is 11.6. The van der Waals surface area contributed by atoms with Crippen molar-refractivity contribution in [1.82, 2.24) is 10.6 Å². The maximum Gasteiger partial charge on any atom is 0.258 e. The van der Waals surface area contributed by atoms with Gasteiger partial charge in [0.05, 0.1) is 6.61 Å². The SMILES string of the molecule is COCCNC(=O)COc1ccc(OCCN[C@](C)(O)COc2ccccc2)cc1. The Morgan fingerprint density at radius 1 is 0.900 bits per heavy atom. The molecule has 3 N–H and O–H groups in total. The van der Waals surface area contributed by atoms with E-state index in [2.05, 4.69) is 10.6 Å². The topological polar surface area (TPSA) is 98.3 Å². The summed E-state index contributed by atoms with van der Waals surface area (Å²) in [6.45, 7) is 3.41. The third-order valence-electron chi connectivity index (χ3n) is 3.96. The van der Waals surface area contributed by atoms with Gasteiger partial charge in [-0.15, -0.1) is 0 Å². The van der Waals surface area contributed by atoms with Gasteiger partial charge in [0.15, 0.2) is 6.61 Å². The summed E-state index contributed by atoms with van der Waals surface area (Å²) in [6, 6.07) is 16.3. The van der Waals surface area contributed by atoms with Crippen molar-refractivity contribution in [2.75, 3.05) is 46.6 Å². The highest BCUT2D eigenvalue weighted by Crippen LogP contribution is 2.17. The van der Waals surface area contributed by atoms with Gasteiger partial charge in [-0.05, 0) is 43.3 Å². The van der Waals surface area contributed by atoms with E-state index in [9.17, 15) is 9.90 Å². The minimum absolute atomic E-state index is 0.0615. The average molecular weight is 418 g/mol. The van der Waals surface area contributed by atoms with Crippen molar-refractivity contribution in [3.63, 3.8) is 0 Å². The molecule has 164 valence electrons. The van der Waals surface area contributed by atoms with Crippen molar-refractivity contribution in [2.24, 2.45) is 0 Å². The number of rotatable bonds is 14. The van der Waals surface area contributed by atoms with Crippen LogP contribution in [0.25, 0.3) is 0 Å². The van der Waals surface area contributed by atoms with Crippen molar-refractivity contribution < 1.29 is 28.8 Å². The predicted molar refractivity (Wildman–Crippen MR) is 113 cm³/mol. The van der Waals surface area contributed by atoms with E-state index in [1.165, 1.54) is 0 Å². The van der Waals surface area contributed by atoms with Crippen LogP contribution in [0.2, 0.25) is 0 Å². The summed E-state index contributed by atoms with van der Waals surface area (Å²) in [7, 11) is 1.57. The Morgan fingerprint density at radius 3 is 2.20 bits per heavy atom. The van der Waals surface area contributed by atoms with E-state index in [-0.39, 0.29) is 19.1 Å². The first-order valence-corrected chi connectivity index (χ1v) is 9.75. The highest BCUT2D eigenvalue weighted by atomic mass is 16.5. The molecule has 0 bridgehead atoms. The van der Waals surface area contributed by atoms with Crippen LogP contribution in [-0.2, 0) is 9.53 Å². The fourth-order valence-electron chi connectivity index (χ4n) is 2.41. The summed E-state index contributed by atoms with van der Waals surface area (Å²) in [5, 5.41) is 16.0. The lowest BCUT2D eigenvalue weighted by molar-refractivity contribution is -0.123. The number of aliphatic hydroxyl groups is 1. The van der Waals surface area contributed by atoms with Gasteiger partial charge in [0.2, 0.25) is 0 Å². The van der Waals surface area contributed by atoms with Gasteiger partial charge >= 0.3 is 0 Å². The summed E-state index contributed by atoms with van der Waals surface area (Å²) in [5.41, 5.74) is -1.18. The van der Waals surface area contributed by atoms with Crippen LogP contribution in [0.15, 0.2) is 54.6 Å². The monoisotopic (exact) mass is 418 g/mol. The molecule has 0 unspecified atom stereocenters. The quantitative estimate of drug-likeness (QED) is 0.317. The summed E-state index contributed by atoms with van der Waals surface area (Å²) >= 11 is 0. The van der Waals surface area contributed by atoms with E-state index in [0.717, 1.165) is 0 Å². The van der Waals surface area contributed by atoms with E-state index < -0.39 is 5.72 Å². The molecule has 0 saturated heterocycles. The minimum Gasteiger partial charge on any atom is -0.492 e. The number of hydrogen-bond donors (Lipinski definition) is 3. The predicted octanol–water partition coefficient (Wildman–Crippen LogP) is 1.58. The van der Waals surface area contributed by atoms with E-state index in [4.69, 9.17) is 18.9 Å². The number of benzene rings is 2. The highest BCUT2D eigenvalue weighted by molar-refractivity contribution is 5.77. The molecule has 2 aromatic rings. The third kappa shape index (κ3) is 9.60. The van der Waals surface area contributed by atoms with Gasteiger partial charge in [0.25, 0.3) is 5.91 Å². The molecule has 2 aromatic carbocycles. The second-order valence-corrected chi connectivity index (χ2v) is 6.75. The molecule has 0 fully saturated rings. The zero-order valence-electron chi connectivity index (χ0n) is 17.4. The van der Waals surface area contributed by atoms with Gasteiger partial charge in [-0.1, -0.05) is 18.2 Å². The standard InChI is InChI=1S/C22H30N2O6/c1-22(26,17-30-18-6-4-3-5-7-18)24-13-15-28-19-8-10-20(11-9-19)29-16-21(25)23-12-14-27-2/h3-11,24,26H,12-17H2,1-2H3,(H,23,25)/t22-/m1/s1. The van der Waals surface area contributed by atoms with Gasteiger partial charge in [-0.3, -0.25) is 10.1 Å². The van der Waals surface area contributed by atoms with Crippen molar-refractivity contribution in [2.45, 2.75) is 12.6 Å². The van der Waals surface area contributed by atoms with E-state index in [1.54, 1.807) is 38.3 Å². The van der Waals surface area contributed by atoms with Gasteiger partial charge in [-0.2, -0.15) is 0 Å². The zero-order valence-corrected chi connectivity index (χ0v) is 17.4. The highest BCUT2D eigenvalue weighted by Gasteiger charge is 2.20. The Labute approximate surface area is 177 Å². The molecule has 2 rings (SSSR count). The Kier molecular flexibility index (Phi) is 9.93. The van der Waals surface area contributed by atoms with Crippen molar-refractivity contribution in [3.05, 3.63) is 54.6 Å². The number of carbonyl (C=O) groups excluding carboxylic acids is 1. The van der Waals surface area contributed by atoms with Gasteiger partial charge < -0.3 is 29.4 Å². The maximum absolute atomic E-state index is 11.6. The molecule has 1 amide bonds. The molecule has 0 radical (unpaired) electrons. The first-order chi connectivity index (χ1) is 14.5. The van der Waals surface area contributed by atoms with Gasteiger partial charge in [0.1, 0.15) is 36.2 Å². The van der Waals surface area contributed by atoms with E-state index >= 15 is 0 Å². The molecule has 30 heavy (non-hydrogen) atoms. The second-order valence-electron chi connectivity index (χ2n) is 6.75. The Morgan fingerprint density at radius 2 is 1.53 bits per heavy atom. The smallest absolute Gasteiger partial charge is 0.258 e. The van der Waals surface area contributed by atoms with Crippen LogP contribution in [0, 0.1) is 0 Å². The normalized spacial score (nSPS) is 12.6. The van der Waals surface area contributed by atoms with Gasteiger partial charge in [0, 0.05) is 20.2 Å². The van der Waals surface area contributed by atoms with Crippen molar-refractivity contribution in [3.8, 4) is 17.2 Å². The van der Waals surface area contributed by atoms with Crippen LogP contribution in [0.5, 0.6) is 17.2 Å². The molecule has 0 aliphatic carbocycles. The number of carbonyl (C=O) groups is 1. The number of ether oxygens (including phenoxy) is 4. The summed E-state index contributed by atoms with van der Waals surface area (Å²) in [6.07, 6.45) is 0. The van der Waals surface area contributed by atoms with Gasteiger partial charge in [-0.25, -0.2) is 0 Å². The van der Waals surface area contributed by atoms with Crippen molar-refractivity contribution in [1.29, 1.82) is 0 Å². The summed E-state index contributed by atoms with van der Waals surface area (Å²) in [4.78, 5) is 11.6. The van der Waals surface area contributed by atoms with E-state index in [1.807, 2.05) is 30.3 Å². The number of nitrogens with one attached hydrogen (secondary N) is 2. The average Bonchev–Trinajstić information content (AvgIpc) is 2.76. The van der Waals surface area contributed by atoms with Crippen LogP contribution >= 0.6 is 0 Å². The van der Waals surface area contributed by atoms with Crippen LogP contribution in [0.3, 0.4) is 0 Å². The lowest BCUT2D eigenvalue weighted by Crippen LogP contribution is -2.48. The third-order valence-corrected chi connectivity index (χ3v) is 3.96. The molecule has 8 nitrogen and oxygen atoms in total. The van der Waals surface area contributed by atoms with Crippen molar-refractivity contribution >= 4 is 5.91 Å². The number of amides is 1. The fourth-order valence-corrected chi connectivity index (χ4v) is 2.41. The molecule has 8 heteroatoms. The van der Waals surface area contributed by atoms with Crippen LogP contribution < -0.4 is 24.8 Å². The lowest BCUT2D eigenvalue weighted by Gasteiger charge is -2.25. The number of para-hydroxylation sites is 1. The molecule has 1 atom stereocenters. The molecular formula is C22H30N2O6. The molecule has 0 spiro atoms. The van der Waals surface area contributed by atoms with Crippen LogP contribution in [-0.4, -0.2) is 63.4 Å². The lowest BCUT2D eigenvalue weighted by atomic mass is 10.3. The van der Waals surface area contributed by atoms with E-state index in [0.29, 0.717) is 43.6 Å². The molecule has 0 aromatic heterocycles. The largest absolute Gasteiger partial charge is 0.492 e. The minimum atomic E-state index is -1.18. The molecule has 0 aliphatic heterocycles. The fraction of sp³-hybridized carbons (Fsp3) is 0.409. The second kappa shape index (κ2) is 12.7. The molecule has 0 saturated carbocycles. The first kappa shape index (κ1) is 23.5. The molecular weight excluding hydrogens is 388 g/mol. The number of methoxy groups -OCH3 is 1. The Bertz CT molecular complexity index is 737. The summed E-state index contributed by atoms with van der Waals surface area (Å²) in [5.74, 6) is 1.73.